The minimum absolute atomic E-state index is 0.336. The Balaban J connectivity index is 2.55. The van der Waals surface area contributed by atoms with Gasteiger partial charge in [-0.3, -0.25) is 5.10 Å². The summed E-state index contributed by atoms with van der Waals surface area (Å²) in [5.74, 6) is 0.336. The third kappa shape index (κ3) is 1.46. The number of nitrogens with zero attached hydrogens (tertiary/aromatic N) is 1. The van der Waals surface area contributed by atoms with E-state index in [1.54, 1.807) is 0 Å². The summed E-state index contributed by atoms with van der Waals surface area (Å²) in [7, 11) is 0. The molecular weight excluding hydrogens is 198 g/mol. The van der Waals surface area contributed by atoms with Gasteiger partial charge in [-0.1, -0.05) is 35.4 Å². The summed E-state index contributed by atoms with van der Waals surface area (Å²) in [4.78, 5) is 0. The van der Waals surface area contributed by atoms with E-state index in [9.17, 15) is 0 Å². The number of halogens is 1. The smallest absolute Gasteiger partial charge is 0.164 e. The number of anilines is 1. The molecule has 2 rings (SSSR count). The van der Waals surface area contributed by atoms with Gasteiger partial charge in [0.05, 0.1) is 5.69 Å². The summed E-state index contributed by atoms with van der Waals surface area (Å²) in [5.41, 5.74) is 8.49. The highest BCUT2D eigenvalue weighted by Gasteiger charge is 2.09. The Hall–Kier alpha value is -1.48. The molecule has 0 atom stereocenters. The second-order valence-electron chi connectivity index (χ2n) is 3.17. The first-order valence-corrected chi connectivity index (χ1v) is 4.62. The minimum atomic E-state index is 0.336. The Bertz CT molecular complexity index is 462. The van der Waals surface area contributed by atoms with Crippen molar-refractivity contribution < 1.29 is 0 Å². The standard InChI is InChI=1S/C10H10ClN3/c1-6-3-2-4-7(5-6)9-8(11)10(12)14-13-9/h2-5H,1H3,(H3,12,13,14). The van der Waals surface area contributed by atoms with Crippen LogP contribution in [-0.4, -0.2) is 10.2 Å². The molecule has 3 N–H and O–H groups in total. The van der Waals surface area contributed by atoms with Crippen LogP contribution in [-0.2, 0) is 0 Å². The summed E-state index contributed by atoms with van der Waals surface area (Å²) in [6.45, 7) is 2.02. The molecule has 0 radical (unpaired) electrons. The number of nitrogens with two attached hydrogens (primary N) is 1. The van der Waals surface area contributed by atoms with E-state index >= 15 is 0 Å². The molecule has 0 aliphatic carbocycles. The van der Waals surface area contributed by atoms with Crippen molar-refractivity contribution in [1.82, 2.24) is 10.2 Å². The summed E-state index contributed by atoms with van der Waals surface area (Å²) < 4.78 is 0. The average Bonchev–Trinajstić information content (AvgIpc) is 2.48. The number of benzene rings is 1. The van der Waals surface area contributed by atoms with Crippen LogP contribution in [0, 0.1) is 6.92 Å². The van der Waals surface area contributed by atoms with Gasteiger partial charge in [-0.05, 0) is 13.0 Å². The van der Waals surface area contributed by atoms with Crippen molar-refractivity contribution >= 4 is 17.4 Å². The number of H-pyrrole nitrogens is 1. The monoisotopic (exact) mass is 207 g/mol. The van der Waals surface area contributed by atoms with Gasteiger partial charge in [0, 0.05) is 5.56 Å². The van der Waals surface area contributed by atoms with E-state index in [0.717, 1.165) is 11.3 Å². The van der Waals surface area contributed by atoms with Crippen LogP contribution in [0.3, 0.4) is 0 Å². The van der Waals surface area contributed by atoms with Crippen LogP contribution < -0.4 is 5.73 Å². The number of hydrogen-bond acceptors (Lipinski definition) is 2. The second-order valence-corrected chi connectivity index (χ2v) is 3.55. The molecule has 4 heteroatoms. The van der Waals surface area contributed by atoms with Crippen LogP contribution in [0.4, 0.5) is 5.82 Å². The molecule has 0 bridgehead atoms. The van der Waals surface area contributed by atoms with E-state index in [1.165, 1.54) is 5.56 Å². The predicted molar refractivity (Wildman–Crippen MR) is 58.2 cm³/mol. The van der Waals surface area contributed by atoms with Crippen LogP contribution in [0.2, 0.25) is 5.02 Å². The molecule has 0 unspecified atom stereocenters. The first kappa shape index (κ1) is 9.09. The SMILES string of the molecule is Cc1cccc(-c2[nH]nc(N)c2Cl)c1. The minimum Gasteiger partial charge on any atom is -0.381 e. The Kier molecular flexibility index (Phi) is 2.17. The highest BCUT2D eigenvalue weighted by Crippen LogP contribution is 2.29. The molecule has 0 spiro atoms. The number of aromatic nitrogens is 2. The van der Waals surface area contributed by atoms with Gasteiger partial charge >= 0.3 is 0 Å². The molecule has 1 aromatic heterocycles. The van der Waals surface area contributed by atoms with Gasteiger partial charge in [0.1, 0.15) is 5.02 Å². The molecule has 0 fully saturated rings. The molecule has 1 aromatic carbocycles. The van der Waals surface area contributed by atoms with E-state index in [4.69, 9.17) is 17.3 Å². The first-order chi connectivity index (χ1) is 6.68. The van der Waals surface area contributed by atoms with E-state index in [2.05, 4.69) is 10.2 Å². The Morgan fingerprint density at radius 1 is 1.43 bits per heavy atom. The number of hydrogen-bond donors (Lipinski definition) is 2. The van der Waals surface area contributed by atoms with E-state index in [-0.39, 0.29) is 0 Å². The van der Waals surface area contributed by atoms with Gasteiger partial charge in [0.25, 0.3) is 0 Å². The molecule has 72 valence electrons. The molecule has 0 saturated heterocycles. The van der Waals surface area contributed by atoms with E-state index < -0.39 is 0 Å². The first-order valence-electron chi connectivity index (χ1n) is 4.25. The van der Waals surface area contributed by atoms with Crippen molar-refractivity contribution in [3.8, 4) is 11.3 Å². The number of nitrogens with one attached hydrogen (secondary N) is 1. The second kappa shape index (κ2) is 3.35. The van der Waals surface area contributed by atoms with Crippen LogP contribution in [0.5, 0.6) is 0 Å². The molecule has 0 aliphatic rings. The van der Waals surface area contributed by atoms with Crippen LogP contribution in [0.25, 0.3) is 11.3 Å². The molecule has 0 amide bonds. The summed E-state index contributed by atoms with van der Waals surface area (Å²) >= 11 is 5.98. The summed E-state index contributed by atoms with van der Waals surface area (Å²) in [5, 5.41) is 7.14. The quantitative estimate of drug-likeness (QED) is 0.755. The Morgan fingerprint density at radius 2 is 2.21 bits per heavy atom. The van der Waals surface area contributed by atoms with Crippen LogP contribution in [0.1, 0.15) is 5.56 Å². The van der Waals surface area contributed by atoms with Crippen molar-refractivity contribution in [2.45, 2.75) is 6.92 Å². The lowest BCUT2D eigenvalue weighted by molar-refractivity contribution is 1.10. The zero-order valence-electron chi connectivity index (χ0n) is 7.71. The maximum atomic E-state index is 5.98. The molecule has 3 nitrogen and oxygen atoms in total. The lowest BCUT2D eigenvalue weighted by Crippen LogP contribution is -1.83. The summed E-state index contributed by atoms with van der Waals surface area (Å²) in [6.07, 6.45) is 0. The fourth-order valence-electron chi connectivity index (χ4n) is 1.33. The van der Waals surface area contributed by atoms with Gasteiger partial charge in [-0.15, -0.1) is 0 Å². The zero-order valence-corrected chi connectivity index (χ0v) is 8.47. The molecular formula is C10H10ClN3. The summed E-state index contributed by atoms with van der Waals surface area (Å²) in [6, 6.07) is 7.99. The maximum absolute atomic E-state index is 5.98. The number of aryl methyl sites for hydroxylation is 1. The predicted octanol–water partition coefficient (Wildman–Crippen LogP) is 2.62. The van der Waals surface area contributed by atoms with Crippen molar-refractivity contribution in [3.05, 3.63) is 34.9 Å². The van der Waals surface area contributed by atoms with Crippen molar-refractivity contribution in [2.24, 2.45) is 0 Å². The van der Waals surface area contributed by atoms with Gasteiger partial charge < -0.3 is 5.73 Å². The van der Waals surface area contributed by atoms with Gasteiger partial charge in [-0.2, -0.15) is 5.10 Å². The maximum Gasteiger partial charge on any atom is 0.164 e. The third-order valence-electron chi connectivity index (χ3n) is 2.04. The Labute approximate surface area is 86.9 Å². The van der Waals surface area contributed by atoms with Crippen molar-refractivity contribution in [3.63, 3.8) is 0 Å². The lowest BCUT2D eigenvalue weighted by atomic mass is 10.1. The van der Waals surface area contributed by atoms with Crippen LogP contribution in [0.15, 0.2) is 24.3 Å². The van der Waals surface area contributed by atoms with Gasteiger partial charge in [0.2, 0.25) is 0 Å². The fourth-order valence-corrected chi connectivity index (χ4v) is 1.53. The van der Waals surface area contributed by atoms with Gasteiger partial charge in [-0.25, -0.2) is 0 Å². The average molecular weight is 208 g/mol. The lowest BCUT2D eigenvalue weighted by Gasteiger charge is -1.99. The van der Waals surface area contributed by atoms with E-state index in [0.29, 0.717) is 10.8 Å². The molecule has 2 aromatic rings. The highest BCUT2D eigenvalue weighted by molar-refractivity contribution is 6.35. The van der Waals surface area contributed by atoms with Crippen molar-refractivity contribution in [2.75, 3.05) is 5.73 Å². The fraction of sp³-hybridized carbons (Fsp3) is 0.100. The van der Waals surface area contributed by atoms with Crippen molar-refractivity contribution in [1.29, 1.82) is 0 Å². The highest BCUT2D eigenvalue weighted by atomic mass is 35.5. The van der Waals surface area contributed by atoms with E-state index in [1.807, 2.05) is 31.2 Å². The Morgan fingerprint density at radius 3 is 2.79 bits per heavy atom. The third-order valence-corrected chi connectivity index (χ3v) is 2.42. The van der Waals surface area contributed by atoms with Crippen LogP contribution >= 0.6 is 11.6 Å². The van der Waals surface area contributed by atoms with Gasteiger partial charge in [0.15, 0.2) is 5.82 Å². The molecule has 14 heavy (non-hydrogen) atoms. The normalized spacial score (nSPS) is 10.4. The topological polar surface area (TPSA) is 54.7 Å². The zero-order chi connectivity index (χ0) is 10.1. The molecule has 1 heterocycles. The number of nitrogen functional groups attached to an aromatic ring is 1. The molecule has 0 aliphatic heterocycles. The number of rotatable bonds is 1. The number of aromatic amines is 1. The molecule has 0 saturated carbocycles. The largest absolute Gasteiger partial charge is 0.381 e.